The molecule has 22 heavy (non-hydrogen) atoms. The lowest BCUT2D eigenvalue weighted by Gasteiger charge is -2.19. The Hall–Kier alpha value is -1.88. The Morgan fingerprint density at radius 1 is 0.955 bits per heavy atom. The van der Waals surface area contributed by atoms with Crippen molar-refractivity contribution in [1.82, 2.24) is 0 Å². The molecule has 2 unspecified atom stereocenters. The van der Waals surface area contributed by atoms with Crippen LogP contribution in [0.4, 0.5) is 35.9 Å². The summed E-state index contributed by atoms with van der Waals surface area (Å²) in [5, 5.41) is 0. The summed E-state index contributed by atoms with van der Waals surface area (Å²) >= 11 is 0. The van der Waals surface area contributed by atoms with Crippen LogP contribution in [0.25, 0.3) is 0 Å². The SMILES string of the molecule is CC(OC(=O)OC(C)C(F)(F)F)C(F)(F)F.O=C1OCCO1. The Balaban J connectivity index is 0.000000604. The van der Waals surface area contributed by atoms with E-state index in [0.29, 0.717) is 27.1 Å². The van der Waals surface area contributed by atoms with Gasteiger partial charge in [-0.15, -0.1) is 0 Å². The number of alkyl halides is 6. The van der Waals surface area contributed by atoms with Crippen molar-refractivity contribution in [3.8, 4) is 0 Å². The largest absolute Gasteiger partial charge is 0.509 e. The van der Waals surface area contributed by atoms with Crippen LogP contribution >= 0.6 is 0 Å². The molecule has 0 aromatic heterocycles. The molecule has 0 saturated carbocycles. The van der Waals surface area contributed by atoms with Crippen molar-refractivity contribution in [2.75, 3.05) is 13.2 Å². The van der Waals surface area contributed by atoms with Gasteiger partial charge in [0.15, 0.2) is 12.2 Å². The van der Waals surface area contributed by atoms with Gasteiger partial charge in [-0.1, -0.05) is 0 Å². The molecule has 1 aliphatic heterocycles. The van der Waals surface area contributed by atoms with E-state index >= 15 is 0 Å². The summed E-state index contributed by atoms with van der Waals surface area (Å²) in [6, 6.07) is 0. The van der Waals surface area contributed by atoms with E-state index in [4.69, 9.17) is 0 Å². The van der Waals surface area contributed by atoms with Gasteiger partial charge >= 0.3 is 24.7 Å². The summed E-state index contributed by atoms with van der Waals surface area (Å²) < 4.78 is 86.7. The van der Waals surface area contributed by atoms with E-state index in [0.717, 1.165) is 0 Å². The van der Waals surface area contributed by atoms with Gasteiger partial charge in [0.05, 0.1) is 0 Å². The first-order valence-corrected chi connectivity index (χ1v) is 5.64. The quantitative estimate of drug-likeness (QED) is 0.567. The number of carbonyl (C=O) groups excluding carboxylic acids is 2. The molecule has 0 aromatic rings. The number of ether oxygens (including phenoxy) is 4. The maximum Gasteiger partial charge on any atom is 0.509 e. The molecule has 1 fully saturated rings. The first-order chi connectivity index (χ1) is 9.84. The molecule has 0 amide bonds. The van der Waals surface area contributed by atoms with Gasteiger partial charge in [-0.05, 0) is 13.8 Å². The van der Waals surface area contributed by atoms with Crippen molar-refractivity contribution in [3.05, 3.63) is 0 Å². The summed E-state index contributed by atoms with van der Waals surface area (Å²) in [5.41, 5.74) is 0. The fraction of sp³-hybridized carbons (Fsp3) is 0.800. The molecule has 1 saturated heterocycles. The van der Waals surface area contributed by atoms with Crippen LogP contribution in [0.5, 0.6) is 0 Å². The highest BCUT2D eigenvalue weighted by Gasteiger charge is 2.43. The number of cyclic esters (lactones) is 2. The van der Waals surface area contributed by atoms with Crippen LogP contribution in [0.3, 0.4) is 0 Å². The predicted molar refractivity (Wildman–Crippen MR) is 55.9 cm³/mol. The summed E-state index contributed by atoms with van der Waals surface area (Å²) in [6.07, 6.45) is -17.3. The van der Waals surface area contributed by atoms with Crippen LogP contribution in [0.2, 0.25) is 0 Å². The second-order valence-corrected chi connectivity index (χ2v) is 3.80. The fourth-order valence-electron chi connectivity index (χ4n) is 0.742. The molecule has 0 spiro atoms. The number of halogens is 6. The van der Waals surface area contributed by atoms with E-state index < -0.39 is 36.9 Å². The van der Waals surface area contributed by atoms with Gasteiger partial charge in [-0.2, -0.15) is 26.3 Å². The van der Waals surface area contributed by atoms with Gasteiger partial charge in [-0.25, -0.2) is 9.59 Å². The summed E-state index contributed by atoms with van der Waals surface area (Å²) in [6.45, 7) is 1.77. The summed E-state index contributed by atoms with van der Waals surface area (Å²) in [5.74, 6) is 0. The van der Waals surface area contributed by atoms with Gasteiger partial charge in [0.25, 0.3) is 0 Å². The lowest BCUT2D eigenvalue weighted by molar-refractivity contribution is -0.223. The molecule has 0 N–H and O–H groups in total. The molecular formula is C10H12F6O6. The Bertz CT molecular complexity index is 347. The van der Waals surface area contributed by atoms with E-state index in [-0.39, 0.29) is 0 Å². The van der Waals surface area contributed by atoms with Crippen LogP contribution in [0.15, 0.2) is 0 Å². The topological polar surface area (TPSA) is 71.1 Å². The maximum absolute atomic E-state index is 11.8. The summed E-state index contributed by atoms with van der Waals surface area (Å²) in [7, 11) is 0. The van der Waals surface area contributed by atoms with Crippen LogP contribution in [0, 0.1) is 0 Å². The van der Waals surface area contributed by atoms with Gasteiger partial charge in [0.2, 0.25) is 0 Å². The number of hydrogen-bond donors (Lipinski definition) is 0. The molecule has 0 aliphatic carbocycles. The van der Waals surface area contributed by atoms with Crippen molar-refractivity contribution in [2.45, 2.75) is 38.4 Å². The number of hydrogen-bond acceptors (Lipinski definition) is 6. The number of carbonyl (C=O) groups is 2. The average molecular weight is 342 g/mol. The lowest BCUT2D eigenvalue weighted by atomic mass is 10.4. The average Bonchev–Trinajstić information content (AvgIpc) is 2.78. The molecule has 0 radical (unpaired) electrons. The minimum absolute atomic E-state index is 0.416. The van der Waals surface area contributed by atoms with E-state index in [1.54, 1.807) is 0 Å². The monoisotopic (exact) mass is 342 g/mol. The molecule has 130 valence electrons. The Kier molecular flexibility index (Phi) is 7.26. The zero-order valence-electron chi connectivity index (χ0n) is 11.3. The smallest absolute Gasteiger partial charge is 0.431 e. The first-order valence-electron chi connectivity index (χ1n) is 5.64. The molecule has 1 heterocycles. The van der Waals surface area contributed by atoms with Crippen molar-refractivity contribution >= 4 is 12.3 Å². The highest BCUT2D eigenvalue weighted by atomic mass is 19.4. The second kappa shape index (κ2) is 7.94. The molecule has 0 bridgehead atoms. The fourth-order valence-corrected chi connectivity index (χ4v) is 0.742. The minimum atomic E-state index is -4.85. The van der Waals surface area contributed by atoms with Crippen molar-refractivity contribution < 1.29 is 54.9 Å². The highest BCUT2D eigenvalue weighted by molar-refractivity contribution is 5.61. The Morgan fingerprint density at radius 2 is 1.27 bits per heavy atom. The van der Waals surface area contributed by atoms with Crippen LogP contribution in [0.1, 0.15) is 13.8 Å². The molecule has 1 rings (SSSR count). The predicted octanol–water partition coefficient (Wildman–Crippen LogP) is 3.19. The van der Waals surface area contributed by atoms with Crippen molar-refractivity contribution in [1.29, 1.82) is 0 Å². The Labute approximate surface area is 120 Å². The van der Waals surface area contributed by atoms with Crippen LogP contribution in [-0.2, 0) is 18.9 Å². The highest BCUT2D eigenvalue weighted by Crippen LogP contribution is 2.25. The summed E-state index contributed by atoms with van der Waals surface area (Å²) in [4.78, 5) is 20.3. The van der Waals surface area contributed by atoms with Crippen molar-refractivity contribution in [3.63, 3.8) is 0 Å². The molecule has 2 atom stereocenters. The third-order valence-electron chi connectivity index (χ3n) is 1.99. The van der Waals surface area contributed by atoms with E-state index in [1.165, 1.54) is 0 Å². The molecule has 12 heteroatoms. The zero-order valence-corrected chi connectivity index (χ0v) is 11.3. The van der Waals surface area contributed by atoms with Gasteiger partial charge in [0, 0.05) is 0 Å². The van der Waals surface area contributed by atoms with E-state index in [2.05, 4.69) is 18.9 Å². The first kappa shape index (κ1) is 20.1. The Morgan fingerprint density at radius 3 is 1.45 bits per heavy atom. The van der Waals surface area contributed by atoms with Crippen LogP contribution < -0.4 is 0 Å². The number of rotatable bonds is 2. The van der Waals surface area contributed by atoms with Crippen molar-refractivity contribution in [2.24, 2.45) is 0 Å². The van der Waals surface area contributed by atoms with Gasteiger partial charge in [0.1, 0.15) is 13.2 Å². The third-order valence-corrected chi connectivity index (χ3v) is 1.99. The minimum Gasteiger partial charge on any atom is -0.431 e. The maximum atomic E-state index is 11.8. The lowest BCUT2D eigenvalue weighted by Crippen LogP contribution is -2.35. The third kappa shape index (κ3) is 8.42. The zero-order chi connectivity index (χ0) is 17.6. The van der Waals surface area contributed by atoms with Gasteiger partial charge in [-0.3, -0.25) is 0 Å². The standard InChI is InChI=1S/C7H8F6O3.C3H4O3/c1-3(6(8,9)10)15-5(14)16-4(2)7(11,12)13;4-3-5-1-2-6-3/h3-4H,1-2H3;1-2H2. The molecular weight excluding hydrogens is 330 g/mol. The molecule has 0 aromatic carbocycles. The van der Waals surface area contributed by atoms with E-state index in [9.17, 15) is 35.9 Å². The van der Waals surface area contributed by atoms with Crippen LogP contribution in [-0.4, -0.2) is 50.1 Å². The molecule has 1 aliphatic rings. The van der Waals surface area contributed by atoms with Gasteiger partial charge < -0.3 is 18.9 Å². The normalized spacial score (nSPS) is 17.4. The molecule has 6 nitrogen and oxygen atoms in total. The van der Waals surface area contributed by atoms with E-state index in [1.807, 2.05) is 0 Å². The second-order valence-electron chi connectivity index (χ2n) is 3.80.